The van der Waals surface area contributed by atoms with Crippen molar-refractivity contribution in [3.8, 4) is 11.3 Å². The van der Waals surface area contributed by atoms with Gasteiger partial charge in [-0.05, 0) is 12.1 Å². The van der Waals surface area contributed by atoms with E-state index < -0.39 is 5.97 Å². The second-order valence-electron chi connectivity index (χ2n) is 4.15. The molecular weight excluding hydrogens is 415 g/mol. The van der Waals surface area contributed by atoms with Crippen LogP contribution in [-0.4, -0.2) is 16.1 Å². The van der Waals surface area contributed by atoms with E-state index in [1.165, 1.54) is 12.1 Å². The lowest BCUT2D eigenvalue weighted by atomic mass is 10.1. The normalized spacial score (nSPS) is 10.8. The first kappa shape index (κ1) is 17.9. The number of hydrogen-bond acceptors (Lipinski definition) is 2. The standard InChI is InChI=1S/C13H5Cl6NO2/c14-5-2-1-4(3-6(21)22)20-13(5)7-8(15)10(17)12(19)11(18)9(7)16/h1-2H,3H2,(H,21,22). The number of carbonyl (C=O) groups is 1. The summed E-state index contributed by atoms with van der Waals surface area (Å²) in [6.07, 6.45) is -0.283. The van der Waals surface area contributed by atoms with Crippen LogP contribution in [0.15, 0.2) is 12.1 Å². The van der Waals surface area contributed by atoms with Gasteiger partial charge in [0.25, 0.3) is 0 Å². The van der Waals surface area contributed by atoms with E-state index >= 15 is 0 Å². The van der Waals surface area contributed by atoms with Gasteiger partial charge in [-0.25, -0.2) is 0 Å². The van der Waals surface area contributed by atoms with Crippen LogP contribution in [-0.2, 0) is 11.2 Å². The smallest absolute Gasteiger partial charge is 0.309 e. The van der Waals surface area contributed by atoms with Gasteiger partial charge >= 0.3 is 5.97 Å². The SMILES string of the molecule is O=C(O)Cc1ccc(Cl)c(-c2c(Cl)c(Cl)c(Cl)c(Cl)c2Cl)n1. The maximum absolute atomic E-state index is 10.8. The summed E-state index contributed by atoms with van der Waals surface area (Å²) < 4.78 is 0. The number of carboxylic acids is 1. The highest BCUT2D eigenvalue weighted by Crippen LogP contribution is 2.48. The number of nitrogens with zero attached hydrogens (tertiary/aromatic N) is 1. The Labute approximate surface area is 155 Å². The first-order chi connectivity index (χ1) is 10.2. The van der Waals surface area contributed by atoms with Crippen molar-refractivity contribution >= 4 is 75.6 Å². The minimum absolute atomic E-state index is 0.00855. The zero-order valence-corrected chi connectivity index (χ0v) is 15.0. The fourth-order valence-corrected chi connectivity index (χ4v) is 3.24. The zero-order valence-electron chi connectivity index (χ0n) is 10.4. The molecular formula is C13H5Cl6NO2. The molecule has 22 heavy (non-hydrogen) atoms. The van der Waals surface area contributed by atoms with Crippen molar-refractivity contribution in [1.82, 2.24) is 4.98 Å². The number of rotatable bonds is 3. The summed E-state index contributed by atoms with van der Waals surface area (Å²) in [6.45, 7) is 0. The van der Waals surface area contributed by atoms with E-state index in [0.717, 1.165) is 0 Å². The molecule has 0 aliphatic heterocycles. The molecule has 0 bridgehead atoms. The maximum Gasteiger partial charge on any atom is 0.309 e. The first-order valence-electron chi connectivity index (χ1n) is 5.63. The Morgan fingerprint density at radius 1 is 0.909 bits per heavy atom. The lowest BCUT2D eigenvalue weighted by Crippen LogP contribution is -2.03. The number of aliphatic carboxylic acids is 1. The lowest BCUT2D eigenvalue weighted by molar-refractivity contribution is -0.136. The summed E-state index contributed by atoms with van der Waals surface area (Å²) in [5.41, 5.74) is 0.650. The van der Waals surface area contributed by atoms with Crippen molar-refractivity contribution in [2.75, 3.05) is 0 Å². The highest BCUT2D eigenvalue weighted by molar-refractivity contribution is 6.56. The van der Waals surface area contributed by atoms with Crippen molar-refractivity contribution in [3.63, 3.8) is 0 Å². The van der Waals surface area contributed by atoms with E-state index in [4.69, 9.17) is 74.7 Å². The molecule has 1 heterocycles. The van der Waals surface area contributed by atoms with Crippen molar-refractivity contribution in [1.29, 1.82) is 0 Å². The third-order valence-electron chi connectivity index (χ3n) is 2.68. The van der Waals surface area contributed by atoms with E-state index in [2.05, 4.69) is 4.98 Å². The molecule has 9 heteroatoms. The lowest BCUT2D eigenvalue weighted by Gasteiger charge is -2.13. The zero-order chi connectivity index (χ0) is 16.6. The van der Waals surface area contributed by atoms with Crippen LogP contribution in [0.1, 0.15) is 5.69 Å². The highest BCUT2D eigenvalue weighted by atomic mass is 35.5. The average Bonchev–Trinajstić information content (AvgIpc) is 2.46. The number of halogens is 6. The fraction of sp³-hybridized carbons (Fsp3) is 0.0769. The quantitative estimate of drug-likeness (QED) is 0.469. The number of carboxylic acid groups (broad SMARTS) is 1. The summed E-state index contributed by atoms with van der Waals surface area (Å²) in [6, 6.07) is 2.98. The summed E-state index contributed by atoms with van der Waals surface area (Å²) in [7, 11) is 0. The van der Waals surface area contributed by atoms with Crippen LogP contribution in [0, 0.1) is 0 Å². The molecule has 0 saturated heterocycles. The van der Waals surface area contributed by atoms with Gasteiger partial charge in [0.15, 0.2) is 0 Å². The minimum atomic E-state index is -1.04. The van der Waals surface area contributed by atoms with Crippen LogP contribution in [0.3, 0.4) is 0 Å². The second-order valence-corrected chi connectivity index (χ2v) is 6.45. The summed E-state index contributed by atoms with van der Waals surface area (Å²) in [5.74, 6) is -1.04. The Hall–Kier alpha value is -0.420. The van der Waals surface area contributed by atoms with E-state index in [9.17, 15) is 4.79 Å². The Bertz CT molecular complexity index is 749. The predicted octanol–water partition coefficient (Wildman–Crippen LogP) is 6.30. The maximum atomic E-state index is 10.8. The van der Waals surface area contributed by atoms with Crippen molar-refractivity contribution in [2.24, 2.45) is 0 Å². The molecule has 0 aliphatic carbocycles. The van der Waals surface area contributed by atoms with Crippen LogP contribution < -0.4 is 0 Å². The van der Waals surface area contributed by atoms with Crippen LogP contribution in [0.5, 0.6) is 0 Å². The molecule has 2 rings (SSSR count). The average molecular weight is 420 g/mol. The van der Waals surface area contributed by atoms with Crippen molar-refractivity contribution in [3.05, 3.63) is 48.0 Å². The number of benzene rings is 1. The molecule has 0 spiro atoms. The van der Waals surface area contributed by atoms with Gasteiger partial charge in [-0.2, -0.15) is 0 Å². The molecule has 3 nitrogen and oxygen atoms in total. The summed E-state index contributed by atoms with van der Waals surface area (Å²) in [5, 5.41) is 9.15. The fourth-order valence-electron chi connectivity index (χ4n) is 1.72. The Balaban J connectivity index is 2.74. The van der Waals surface area contributed by atoms with Crippen LogP contribution in [0.2, 0.25) is 30.1 Å². The molecule has 0 amide bonds. The minimum Gasteiger partial charge on any atom is -0.481 e. The van der Waals surface area contributed by atoms with E-state index in [1.54, 1.807) is 0 Å². The van der Waals surface area contributed by atoms with Crippen molar-refractivity contribution < 1.29 is 9.90 Å². The monoisotopic (exact) mass is 417 g/mol. The molecule has 2 aromatic rings. The van der Waals surface area contributed by atoms with Gasteiger partial charge in [0.2, 0.25) is 0 Å². The number of aromatic nitrogens is 1. The van der Waals surface area contributed by atoms with Gasteiger partial charge in [-0.15, -0.1) is 0 Å². The molecule has 1 aromatic carbocycles. The molecule has 0 radical (unpaired) electrons. The number of hydrogen-bond donors (Lipinski definition) is 1. The Kier molecular flexibility index (Phi) is 5.70. The molecule has 1 N–H and O–H groups in total. The van der Waals surface area contributed by atoms with Gasteiger partial charge < -0.3 is 5.11 Å². The molecule has 0 saturated carbocycles. The molecule has 0 aliphatic rings. The van der Waals surface area contributed by atoms with E-state index in [0.29, 0.717) is 0 Å². The predicted molar refractivity (Wildman–Crippen MR) is 91.1 cm³/mol. The van der Waals surface area contributed by atoms with Gasteiger partial charge in [-0.3, -0.25) is 9.78 Å². The topological polar surface area (TPSA) is 50.2 Å². The van der Waals surface area contributed by atoms with Gasteiger partial charge in [-0.1, -0.05) is 69.6 Å². The van der Waals surface area contributed by atoms with Crippen LogP contribution in [0.25, 0.3) is 11.3 Å². The molecule has 0 unspecified atom stereocenters. The molecule has 116 valence electrons. The summed E-state index contributed by atoms with van der Waals surface area (Å²) >= 11 is 36.4. The third-order valence-corrected chi connectivity index (χ3v) is 5.26. The van der Waals surface area contributed by atoms with E-state index in [1.807, 2.05) is 0 Å². The van der Waals surface area contributed by atoms with Crippen LogP contribution in [0.4, 0.5) is 0 Å². The Morgan fingerprint density at radius 2 is 1.41 bits per heavy atom. The van der Waals surface area contributed by atoms with Gasteiger partial charge in [0, 0.05) is 5.56 Å². The highest BCUT2D eigenvalue weighted by Gasteiger charge is 2.23. The van der Waals surface area contributed by atoms with Gasteiger partial charge in [0.05, 0.1) is 47.9 Å². The van der Waals surface area contributed by atoms with Crippen molar-refractivity contribution in [2.45, 2.75) is 6.42 Å². The second kappa shape index (κ2) is 7.00. The molecule has 0 atom stereocenters. The Morgan fingerprint density at radius 3 is 1.91 bits per heavy atom. The van der Waals surface area contributed by atoms with E-state index in [-0.39, 0.29) is 53.5 Å². The largest absolute Gasteiger partial charge is 0.481 e. The molecule has 0 fully saturated rings. The van der Waals surface area contributed by atoms with Gasteiger partial charge in [0.1, 0.15) is 0 Å². The number of pyridine rings is 1. The molecule has 1 aromatic heterocycles. The first-order valence-corrected chi connectivity index (χ1v) is 7.89. The third kappa shape index (κ3) is 3.40. The summed E-state index contributed by atoms with van der Waals surface area (Å²) in [4.78, 5) is 15.0. The van der Waals surface area contributed by atoms with Crippen LogP contribution >= 0.6 is 69.6 Å².